The highest BCUT2D eigenvalue weighted by molar-refractivity contribution is 7.95. The molecule has 1 N–H and O–H groups in total. The molecule has 8 nitrogen and oxygen atoms in total. The molecule has 2 aliphatic heterocycles. The lowest BCUT2D eigenvalue weighted by molar-refractivity contribution is 0.184. The number of nitrogens with one attached hydrogen (secondary N) is 1. The molecule has 150 valence electrons. The highest BCUT2D eigenvalue weighted by Crippen LogP contribution is 2.23. The molecule has 2 heterocycles. The quantitative estimate of drug-likeness (QED) is 0.792. The molecular weight excluding hydrogens is 390 g/mol. The zero-order valence-corrected chi connectivity index (χ0v) is 17.1. The van der Waals surface area contributed by atoms with Gasteiger partial charge in [-0.1, -0.05) is 12.1 Å². The lowest BCUT2D eigenvalue weighted by Gasteiger charge is -2.35. The first-order valence-electron chi connectivity index (χ1n) is 8.91. The van der Waals surface area contributed by atoms with E-state index in [4.69, 9.17) is 0 Å². The topological polar surface area (TPSA) is 104 Å². The largest absolute Gasteiger partial charge is 0.322 e. The molecule has 0 saturated carbocycles. The van der Waals surface area contributed by atoms with E-state index >= 15 is 0 Å². The zero-order valence-electron chi connectivity index (χ0n) is 15.5. The number of amides is 2. The number of piperazine rings is 1. The molecule has 3 rings (SSSR count). The lowest BCUT2D eigenvalue weighted by Crippen LogP contribution is -2.53. The number of hydrogen-bond donors (Lipinski definition) is 1. The van der Waals surface area contributed by atoms with Gasteiger partial charge in [0.2, 0.25) is 10.0 Å². The number of urea groups is 1. The van der Waals surface area contributed by atoms with Crippen LogP contribution < -0.4 is 5.32 Å². The van der Waals surface area contributed by atoms with Gasteiger partial charge < -0.3 is 10.2 Å². The van der Waals surface area contributed by atoms with Gasteiger partial charge in [-0.15, -0.1) is 0 Å². The normalized spacial score (nSPS) is 23.3. The number of nitrogens with zero attached hydrogens (tertiary/aromatic N) is 2. The summed E-state index contributed by atoms with van der Waals surface area (Å²) in [4.78, 5) is 14.1. The summed E-state index contributed by atoms with van der Waals surface area (Å²) >= 11 is 0. The Morgan fingerprint density at radius 3 is 2.41 bits per heavy atom. The predicted molar refractivity (Wildman–Crippen MR) is 104 cm³/mol. The standard InChI is InChI=1S/C17H25N3O5S2/c1-13-3-4-14(2)16(11-13)18-17(21)19-6-8-20(9-7-19)27(24,25)15-5-10-26(22,23)12-15/h3-4,11,15H,5-10,12H2,1-2H3,(H,18,21). The Bertz CT molecular complexity index is 935. The van der Waals surface area contributed by atoms with Crippen LogP contribution in [0.2, 0.25) is 0 Å². The van der Waals surface area contributed by atoms with E-state index < -0.39 is 25.1 Å². The summed E-state index contributed by atoms with van der Waals surface area (Å²) in [5.41, 5.74) is 2.74. The Kier molecular flexibility index (Phi) is 5.51. The van der Waals surface area contributed by atoms with E-state index in [2.05, 4.69) is 5.32 Å². The van der Waals surface area contributed by atoms with Crippen LogP contribution in [0, 0.1) is 13.8 Å². The van der Waals surface area contributed by atoms with E-state index in [1.54, 1.807) is 4.90 Å². The summed E-state index contributed by atoms with van der Waals surface area (Å²) in [7, 11) is -6.92. The summed E-state index contributed by atoms with van der Waals surface area (Å²) in [6.45, 7) is 4.76. The smallest absolute Gasteiger partial charge is 0.321 e. The van der Waals surface area contributed by atoms with Crippen LogP contribution in [0.1, 0.15) is 17.5 Å². The highest BCUT2D eigenvalue weighted by atomic mass is 32.2. The number of rotatable bonds is 3. The van der Waals surface area contributed by atoms with Crippen LogP contribution in [0.15, 0.2) is 18.2 Å². The SMILES string of the molecule is Cc1ccc(C)c(NC(=O)N2CCN(S(=O)(=O)C3CCS(=O)(=O)C3)CC2)c1. The molecule has 0 spiro atoms. The molecule has 0 radical (unpaired) electrons. The number of carbonyl (C=O) groups excluding carboxylic acids is 1. The number of anilines is 1. The number of carbonyl (C=O) groups is 1. The van der Waals surface area contributed by atoms with E-state index in [0.29, 0.717) is 0 Å². The van der Waals surface area contributed by atoms with E-state index in [-0.39, 0.29) is 50.1 Å². The molecule has 2 amide bonds. The number of sulfone groups is 1. The fraction of sp³-hybridized carbons (Fsp3) is 0.588. The zero-order chi connectivity index (χ0) is 19.8. The molecule has 0 bridgehead atoms. The third kappa shape index (κ3) is 4.44. The predicted octanol–water partition coefficient (Wildman–Crippen LogP) is 0.970. The molecule has 1 unspecified atom stereocenters. The fourth-order valence-electron chi connectivity index (χ4n) is 3.42. The van der Waals surface area contributed by atoms with Crippen LogP contribution in [0.25, 0.3) is 0 Å². The molecule has 10 heteroatoms. The van der Waals surface area contributed by atoms with Crippen LogP contribution in [-0.4, -0.2) is 75.0 Å². The van der Waals surface area contributed by atoms with Crippen LogP contribution in [0.3, 0.4) is 0 Å². The minimum absolute atomic E-state index is 0.0743. The number of aryl methyl sites for hydroxylation is 2. The molecule has 2 saturated heterocycles. The molecule has 0 aliphatic carbocycles. The van der Waals surface area contributed by atoms with Crippen molar-refractivity contribution >= 4 is 31.6 Å². The van der Waals surface area contributed by atoms with Crippen molar-refractivity contribution in [1.29, 1.82) is 0 Å². The minimum Gasteiger partial charge on any atom is -0.322 e. The van der Waals surface area contributed by atoms with Crippen molar-refractivity contribution in [3.05, 3.63) is 29.3 Å². The summed E-state index contributed by atoms with van der Waals surface area (Å²) in [5.74, 6) is -0.377. The van der Waals surface area contributed by atoms with Gasteiger partial charge in [0, 0.05) is 31.9 Å². The van der Waals surface area contributed by atoms with E-state index in [9.17, 15) is 21.6 Å². The van der Waals surface area contributed by atoms with Crippen molar-refractivity contribution in [2.24, 2.45) is 0 Å². The summed E-state index contributed by atoms with van der Waals surface area (Å²) in [6.07, 6.45) is 0.151. The van der Waals surface area contributed by atoms with Crippen LogP contribution >= 0.6 is 0 Å². The third-order valence-corrected chi connectivity index (χ3v) is 9.44. The first kappa shape index (κ1) is 20.1. The minimum atomic E-state index is -3.66. The van der Waals surface area contributed by atoms with Gasteiger partial charge in [-0.05, 0) is 37.5 Å². The van der Waals surface area contributed by atoms with Crippen LogP contribution in [0.5, 0.6) is 0 Å². The monoisotopic (exact) mass is 415 g/mol. The van der Waals surface area contributed by atoms with Crippen molar-refractivity contribution in [1.82, 2.24) is 9.21 Å². The third-order valence-electron chi connectivity index (χ3n) is 5.13. The van der Waals surface area contributed by atoms with Gasteiger partial charge in [-0.2, -0.15) is 4.31 Å². The van der Waals surface area contributed by atoms with Gasteiger partial charge in [0.1, 0.15) is 0 Å². The van der Waals surface area contributed by atoms with Crippen molar-refractivity contribution in [3.63, 3.8) is 0 Å². The maximum absolute atomic E-state index is 12.7. The summed E-state index contributed by atoms with van der Waals surface area (Å²) in [5, 5.41) is 2.02. The van der Waals surface area contributed by atoms with Crippen molar-refractivity contribution in [2.45, 2.75) is 25.5 Å². The average molecular weight is 416 g/mol. The van der Waals surface area contributed by atoms with Gasteiger partial charge in [0.05, 0.1) is 16.8 Å². The Hall–Kier alpha value is -1.65. The summed E-state index contributed by atoms with van der Waals surface area (Å²) < 4.78 is 49.8. The van der Waals surface area contributed by atoms with Gasteiger partial charge in [0.25, 0.3) is 0 Å². The first-order valence-corrected chi connectivity index (χ1v) is 12.2. The van der Waals surface area contributed by atoms with Crippen molar-refractivity contribution < 1.29 is 21.6 Å². The van der Waals surface area contributed by atoms with Gasteiger partial charge in [0.15, 0.2) is 9.84 Å². The van der Waals surface area contributed by atoms with Crippen molar-refractivity contribution in [2.75, 3.05) is 43.0 Å². The Morgan fingerprint density at radius 1 is 1.15 bits per heavy atom. The van der Waals surface area contributed by atoms with Gasteiger partial charge in [-0.25, -0.2) is 21.6 Å². The first-order chi connectivity index (χ1) is 12.6. The van der Waals surface area contributed by atoms with Crippen molar-refractivity contribution in [3.8, 4) is 0 Å². The van der Waals surface area contributed by atoms with E-state index in [0.717, 1.165) is 16.8 Å². The van der Waals surface area contributed by atoms with Gasteiger partial charge in [-0.3, -0.25) is 0 Å². The molecular formula is C17H25N3O5S2. The molecule has 1 atom stereocenters. The van der Waals surface area contributed by atoms with Crippen LogP contribution in [0.4, 0.5) is 10.5 Å². The van der Waals surface area contributed by atoms with E-state index in [1.807, 2.05) is 32.0 Å². The molecule has 1 aromatic rings. The molecule has 2 aliphatic rings. The number of sulfonamides is 1. The number of benzene rings is 1. The summed E-state index contributed by atoms with van der Waals surface area (Å²) in [6, 6.07) is 5.54. The number of hydrogen-bond acceptors (Lipinski definition) is 5. The second-order valence-electron chi connectivity index (χ2n) is 7.20. The fourth-order valence-corrected chi connectivity index (χ4v) is 7.93. The van der Waals surface area contributed by atoms with E-state index in [1.165, 1.54) is 4.31 Å². The Labute approximate surface area is 160 Å². The Morgan fingerprint density at radius 2 is 1.81 bits per heavy atom. The molecule has 0 aromatic heterocycles. The molecule has 27 heavy (non-hydrogen) atoms. The lowest BCUT2D eigenvalue weighted by atomic mass is 10.1. The molecule has 1 aromatic carbocycles. The molecule has 2 fully saturated rings. The maximum atomic E-state index is 12.7. The second kappa shape index (κ2) is 7.40. The van der Waals surface area contributed by atoms with Crippen LogP contribution in [-0.2, 0) is 19.9 Å². The highest BCUT2D eigenvalue weighted by Gasteiger charge is 2.41. The second-order valence-corrected chi connectivity index (χ2v) is 11.6. The van der Waals surface area contributed by atoms with Gasteiger partial charge >= 0.3 is 6.03 Å². The maximum Gasteiger partial charge on any atom is 0.321 e. The Balaban J connectivity index is 1.60. The average Bonchev–Trinajstić information content (AvgIpc) is 2.99.